The average Bonchev–Trinajstić information content (AvgIpc) is 2.37. The van der Waals surface area contributed by atoms with E-state index in [1.807, 2.05) is 13.0 Å². The fourth-order valence-corrected chi connectivity index (χ4v) is 2.14. The lowest BCUT2D eigenvalue weighted by Crippen LogP contribution is -2.13. The first-order chi connectivity index (χ1) is 8.99. The Labute approximate surface area is 123 Å². The van der Waals surface area contributed by atoms with Gasteiger partial charge >= 0.3 is 0 Å². The summed E-state index contributed by atoms with van der Waals surface area (Å²) in [5.74, 6) is -1.06. The molecule has 2 aromatic carbocycles. The fraction of sp³-hybridized carbons (Fsp3) is 0.0714. The van der Waals surface area contributed by atoms with Gasteiger partial charge in [0.05, 0.1) is 10.6 Å². The van der Waals surface area contributed by atoms with Gasteiger partial charge in [-0.05, 0) is 36.8 Å². The first kappa shape index (κ1) is 14.0. The number of carbonyl (C=O) groups is 1. The Balaban J connectivity index is 2.26. The van der Waals surface area contributed by atoms with Crippen LogP contribution in [0.4, 0.5) is 10.1 Å². The summed E-state index contributed by atoms with van der Waals surface area (Å²) in [7, 11) is 0. The van der Waals surface area contributed by atoms with Crippen molar-refractivity contribution >= 4 is 39.1 Å². The van der Waals surface area contributed by atoms with Crippen molar-refractivity contribution in [3.05, 3.63) is 62.8 Å². The molecule has 0 spiro atoms. The van der Waals surface area contributed by atoms with Crippen LogP contribution in [-0.4, -0.2) is 5.91 Å². The van der Waals surface area contributed by atoms with Gasteiger partial charge in [0.2, 0.25) is 0 Å². The summed E-state index contributed by atoms with van der Waals surface area (Å²) in [5, 5.41) is 2.50. The molecule has 98 valence electrons. The predicted molar refractivity (Wildman–Crippen MR) is 78.2 cm³/mol. The van der Waals surface area contributed by atoms with Gasteiger partial charge in [-0.3, -0.25) is 4.79 Å². The molecule has 0 heterocycles. The molecule has 2 rings (SSSR count). The lowest BCUT2D eigenvalue weighted by atomic mass is 10.2. The number of hydrogen-bond donors (Lipinski definition) is 1. The van der Waals surface area contributed by atoms with Crippen LogP contribution >= 0.6 is 27.5 Å². The fourth-order valence-electron chi connectivity index (χ4n) is 1.55. The molecule has 0 aromatic heterocycles. The summed E-state index contributed by atoms with van der Waals surface area (Å²) in [6.45, 7) is 1.94. The molecular formula is C14H10BrClFNO. The molecule has 19 heavy (non-hydrogen) atoms. The lowest BCUT2D eigenvalue weighted by molar-refractivity contribution is 0.102. The molecule has 0 aliphatic carbocycles. The smallest absolute Gasteiger partial charge is 0.257 e. The largest absolute Gasteiger partial charge is 0.322 e. The number of rotatable bonds is 2. The molecule has 5 heteroatoms. The highest BCUT2D eigenvalue weighted by Crippen LogP contribution is 2.23. The van der Waals surface area contributed by atoms with E-state index in [1.165, 1.54) is 18.2 Å². The molecule has 0 atom stereocenters. The molecule has 2 nitrogen and oxygen atoms in total. The second-order valence-corrected chi connectivity index (χ2v) is 5.25. The normalized spacial score (nSPS) is 10.3. The molecular weight excluding hydrogens is 333 g/mol. The van der Waals surface area contributed by atoms with E-state index in [1.54, 1.807) is 12.1 Å². The van der Waals surface area contributed by atoms with Crippen LogP contribution in [0.2, 0.25) is 5.02 Å². The third-order valence-corrected chi connectivity index (χ3v) is 3.86. The number of anilines is 1. The highest BCUT2D eigenvalue weighted by molar-refractivity contribution is 9.10. The second-order valence-electron chi connectivity index (χ2n) is 4.02. The molecule has 0 bridgehead atoms. The maximum Gasteiger partial charge on any atom is 0.257 e. The zero-order valence-corrected chi connectivity index (χ0v) is 12.3. The highest BCUT2D eigenvalue weighted by atomic mass is 79.9. The van der Waals surface area contributed by atoms with Gasteiger partial charge in [-0.15, -0.1) is 0 Å². The van der Waals surface area contributed by atoms with Crippen LogP contribution in [0.25, 0.3) is 0 Å². The summed E-state index contributed by atoms with van der Waals surface area (Å²) in [5.41, 5.74) is 1.78. The van der Waals surface area contributed by atoms with Crippen LogP contribution in [0.5, 0.6) is 0 Å². The van der Waals surface area contributed by atoms with Crippen LogP contribution in [0, 0.1) is 12.7 Å². The van der Waals surface area contributed by atoms with E-state index in [9.17, 15) is 9.18 Å². The quantitative estimate of drug-likeness (QED) is 0.834. The van der Waals surface area contributed by atoms with Gasteiger partial charge in [-0.1, -0.05) is 39.7 Å². The molecule has 0 unspecified atom stereocenters. The Morgan fingerprint density at radius 2 is 2.05 bits per heavy atom. The van der Waals surface area contributed by atoms with Crippen LogP contribution < -0.4 is 5.32 Å². The summed E-state index contributed by atoms with van der Waals surface area (Å²) in [6, 6.07) is 9.55. The number of aryl methyl sites for hydroxylation is 1. The van der Waals surface area contributed by atoms with Gasteiger partial charge in [0.15, 0.2) is 0 Å². The van der Waals surface area contributed by atoms with Crippen molar-refractivity contribution in [2.45, 2.75) is 6.92 Å². The minimum Gasteiger partial charge on any atom is -0.322 e. The van der Waals surface area contributed by atoms with Gasteiger partial charge in [0.25, 0.3) is 5.91 Å². The van der Waals surface area contributed by atoms with Gasteiger partial charge in [-0.2, -0.15) is 0 Å². The van der Waals surface area contributed by atoms with Crippen molar-refractivity contribution in [1.29, 1.82) is 0 Å². The summed E-state index contributed by atoms with van der Waals surface area (Å²) < 4.78 is 14.2. The molecule has 0 aliphatic heterocycles. The Kier molecular flexibility index (Phi) is 4.22. The lowest BCUT2D eigenvalue weighted by Gasteiger charge is -2.08. The zero-order valence-electron chi connectivity index (χ0n) is 10.0. The molecule has 2 aromatic rings. The van der Waals surface area contributed by atoms with Crippen LogP contribution in [0.1, 0.15) is 15.9 Å². The third-order valence-electron chi connectivity index (χ3n) is 2.63. The SMILES string of the molecule is Cc1ccc(NC(=O)c2cccc(F)c2Cl)cc1Br. The Morgan fingerprint density at radius 1 is 1.32 bits per heavy atom. The van der Waals surface area contributed by atoms with Crippen molar-refractivity contribution in [2.75, 3.05) is 5.32 Å². The first-order valence-electron chi connectivity index (χ1n) is 5.50. The van der Waals surface area contributed by atoms with Crippen molar-refractivity contribution in [3.63, 3.8) is 0 Å². The van der Waals surface area contributed by atoms with E-state index in [0.29, 0.717) is 5.69 Å². The van der Waals surface area contributed by atoms with Crippen molar-refractivity contribution in [1.82, 2.24) is 0 Å². The third kappa shape index (κ3) is 3.14. The summed E-state index contributed by atoms with van der Waals surface area (Å²) >= 11 is 9.15. The van der Waals surface area contributed by atoms with E-state index in [-0.39, 0.29) is 10.6 Å². The number of carbonyl (C=O) groups excluding carboxylic acids is 1. The topological polar surface area (TPSA) is 29.1 Å². The molecule has 1 amide bonds. The summed E-state index contributed by atoms with van der Waals surface area (Å²) in [6.07, 6.45) is 0. The van der Waals surface area contributed by atoms with Crippen LogP contribution in [0.3, 0.4) is 0 Å². The van der Waals surface area contributed by atoms with Gasteiger partial charge in [0.1, 0.15) is 5.82 Å². The van der Waals surface area contributed by atoms with Gasteiger partial charge < -0.3 is 5.32 Å². The molecule has 0 saturated heterocycles. The van der Waals surface area contributed by atoms with Crippen molar-refractivity contribution < 1.29 is 9.18 Å². The number of hydrogen-bond acceptors (Lipinski definition) is 1. The number of halogens is 3. The molecule has 0 fully saturated rings. The number of nitrogens with one attached hydrogen (secondary N) is 1. The van der Waals surface area contributed by atoms with E-state index in [0.717, 1.165) is 10.0 Å². The maximum atomic E-state index is 13.3. The Morgan fingerprint density at radius 3 is 2.74 bits per heavy atom. The summed E-state index contributed by atoms with van der Waals surface area (Å²) in [4.78, 5) is 12.0. The molecule has 0 radical (unpaired) electrons. The molecule has 0 saturated carbocycles. The van der Waals surface area contributed by atoms with Crippen molar-refractivity contribution in [2.24, 2.45) is 0 Å². The standard InChI is InChI=1S/C14H10BrClFNO/c1-8-5-6-9(7-11(8)15)18-14(19)10-3-2-4-12(17)13(10)16/h2-7H,1H3,(H,18,19). The van der Waals surface area contributed by atoms with Gasteiger partial charge in [0, 0.05) is 10.2 Å². The van der Waals surface area contributed by atoms with Crippen LogP contribution in [0.15, 0.2) is 40.9 Å². The maximum absolute atomic E-state index is 13.3. The molecule has 1 N–H and O–H groups in total. The first-order valence-corrected chi connectivity index (χ1v) is 6.67. The van der Waals surface area contributed by atoms with Crippen LogP contribution in [-0.2, 0) is 0 Å². The highest BCUT2D eigenvalue weighted by Gasteiger charge is 2.13. The zero-order chi connectivity index (χ0) is 14.0. The Bertz CT molecular complexity index is 645. The average molecular weight is 343 g/mol. The van der Waals surface area contributed by atoms with E-state index >= 15 is 0 Å². The predicted octanol–water partition coefficient (Wildman–Crippen LogP) is 4.80. The van der Waals surface area contributed by atoms with E-state index < -0.39 is 11.7 Å². The van der Waals surface area contributed by atoms with E-state index in [2.05, 4.69) is 21.2 Å². The minimum absolute atomic E-state index is 0.110. The second kappa shape index (κ2) is 5.72. The minimum atomic E-state index is -0.612. The molecule has 0 aliphatic rings. The number of benzene rings is 2. The van der Waals surface area contributed by atoms with Crippen molar-refractivity contribution in [3.8, 4) is 0 Å². The van der Waals surface area contributed by atoms with E-state index in [4.69, 9.17) is 11.6 Å². The Hall–Kier alpha value is -1.39. The van der Waals surface area contributed by atoms with Gasteiger partial charge in [-0.25, -0.2) is 4.39 Å². The number of amides is 1. The monoisotopic (exact) mass is 341 g/mol.